The van der Waals surface area contributed by atoms with Crippen LogP contribution in [-0.4, -0.2) is 36.3 Å². The van der Waals surface area contributed by atoms with Gasteiger partial charge < -0.3 is 14.2 Å². The predicted molar refractivity (Wildman–Crippen MR) is 117 cm³/mol. The van der Waals surface area contributed by atoms with Gasteiger partial charge in [0, 0.05) is 18.2 Å². The third-order valence-corrected chi connectivity index (χ3v) is 5.38. The van der Waals surface area contributed by atoms with Gasteiger partial charge in [-0.15, -0.1) is 0 Å². The summed E-state index contributed by atoms with van der Waals surface area (Å²) in [5.74, 6) is 0.492. The molecule has 0 radical (unpaired) electrons. The Kier molecular flexibility index (Phi) is 7.71. The van der Waals surface area contributed by atoms with Crippen LogP contribution in [0.4, 0.5) is 0 Å². The second kappa shape index (κ2) is 10.5. The zero-order chi connectivity index (χ0) is 23.3. The van der Waals surface area contributed by atoms with Crippen molar-refractivity contribution in [1.82, 2.24) is 9.78 Å². The Labute approximate surface area is 195 Å². The lowest BCUT2D eigenvalue weighted by Crippen LogP contribution is -2.27. The number of ether oxygens (including phenoxy) is 3. The molecule has 0 fully saturated rings. The van der Waals surface area contributed by atoms with Gasteiger partial charge in [0.25, 0.3) is 0 Å². The highest BCUT2D eigenvalue weighted by atomic mass is 35.5. The zero-order valence-corrected chi connectivity index (χ0v) is 19.3. The summed E-state index contributed by atoms with van der Waals surface area (Å²) in [7, 11) is 4.87. The molecule has 0 aliphatic rings. The van der Waals surface area contributed by atoms with Crippen molar-refractivity contribution in [2.75, 3.05) is 14.2 Å². The molecule has 0 aliphatic heterocycles. The average Bonchev–Trinajstić information content (AvgIpc) is 3.22. The van der Waals surface area contributed by atoms with Gasteiger partial charge in [0.05, 0.1) is 26.0 Å². The van der Waals surface area contributed by atoms with Crippen LogP contribution in [0.5, 0.6) is 11.5 Å². The van der Waals surface area contributed by atoms with Crippen molar-refractivity contribution in [2.24, 2.45) is 7.05 Å². The number of benzene rings is 1. The fourth-order valence-corrected chi connectivity index (χ4v) is 3.90. The van der Waals surface area contributed by atoms with Crippen LogP contribution >= 0.6 is 23.2 Å². The maximum atomic E-state index is 12.7. The molecule has 8 nitrogen and oxygen atoms in total. The van der Waals surface area contributed by atoms with Crippen LogP contribution < -0.4 is 14.0 Å². The Bertz CT molecular complexity index is 1110. The molecule has 0 spiro atoms. The number of hydrogen-bond acceptors (Lipinski definition) is 6. The first-order valence-electron chi connectivity index (χ1n) is 9.56. The number of methoxy groups -OCH3 is 2. The topological polar surface area (TPSA) is 83.5 Å². The summed E-state index contributed by atoms with van der Waals surface area (Å²) >= 11 is 12.8. The highest BCUT2D eigenvalue weighted by molar-refractivity contribution is 6.35. The Hall–Kier alpha value is -3.10. The van der Waals surface area contributed by atoms with E-state index in [1.54, 1.807) is 35.2 Å². The Morgan fingerprint density at radius 1 is 1.19 bits per heavy atom. The van der Waals surface area contributed by atoms with Crippen molar-refractivity contribution in [3.05, 3.63) is 69.7 Å². The first-order chi connectivity index (χ1) is 15.3. The molecule has 1 aromatic carbocycles. The van der Waals surface area contributed by atoms with E-state index in [2.05, 4.69) is 5.10 Å². The van der Waals surface area contributed by atoms with Gasteiger partial charge in [-0.2, -0.15) is 5.10 Å². The number of aldehydes is 1. The molecule has 0 unspecified atom stereocenters. The summed E-state index contributed by atoms with van der Waals surface area (Å²) in [5.41, 5.74) is 1.68. The largest absolute Gasteiger partial charge is 0.493 e. The second-order valence-corrected chi connectivity index (χ2v) is 7.80. The molecule has 0 bridgehead atoms. The van der Waals surface area contributed by atoms with Crippen molar-refractivity contribution >= 4 is 35.5 Å². The molecule has 10 heteroatoms. The summed E-state index contributed by atoms with van der Waals surface area (Å²) in [4.78, 5) is 23.5. The number of aromatic nitrogens is 3. The van der Waals surface area contributed by atoms with Crippen molar-refractivity contribution in [3.8, 4) is 11.5 Å². The molecule has 168 valence electrons. The first-order valence-corrected chi connectivity index (χ1v) is 10.3. The minimum Gasteiger partial charge on any atom is -0.493 e. The van der Waals surface area contributed by atoms with E-state index >= 15 is 0 Å². The standard InChI is InChI=1S/C22H22Cl2N3O5/c1-26-10-17(23)16(18(24)11-26)7-20(15-4-5-19(30-2)21(6-15)31-3)32-22(29)12-27-9-14(13-28)8-25-27/h4-6,8-11,13,20H,7,12H2,1-3H3/q+1/t20-/m0/s1. The van der Waals surface area contributed by atoms with E-state index in [0.717, 1.165) is 0 Å². The highest BCUT2D eigenvalue weighted by Gasteiger charge is 2.24. The summed E-state index contributed by atoms with van der Waals surface area (Å²) in [6.07, 6.45) is 6.45. The van der Waals surface area contributed by atoms with Gasteiger partial charge in [0.2, 0.25) is 0 Å². The van der Waals surface area contributed by atoms with Crippen LogP contribution in [0.2, 0.25) is 10.0 Å². The van der Waals surface area contributed by atoms with E-state index in [4.69, 9.17) is 37.4 Å². The number of carbonyl (C=O) groups excluding carboxylic acids is 2. The van der Waals surface area contributed by atoms with E-state index in [0.29, 0.717) is 44.5 Å². The molecule has 1 atom stereocenters. The maximum absolute atomic E-state index is 12.7. The lowest BCUT2D eigenvalue weighted by Gasteiger charge is -2.20. The lowest BCUT2D eigenvalue weighted by molar-refractivity contribution is -0.671. The summed E-state index contributed by atoms with van der Waals surface area (Å²) in [5, 5.41) is 4.88. The van der Waals surface area contributed by atoms with Gasteiger partial charge in [-0.05, 0) is 17.7 Å². The molecule has 2 aromatic heterocycles. The number of nitrogens with zero attached hydrogens (tertiary/aromatic N) is 3. The number of carbonyl (C=O) groups is 2. The SMILES string of the molecule is COc1ccc([C@H](Cc2c(Cl)c[n+](C)cc2Cl)OC(=O)Cn2cc(C=O)cn2)cc1OC. The number of rotatable bonds is 9. The molecule has 0 saturated carbocycles. The molecule has 32 heavy (non-hydrogen) atoms. The molecule has 0 aliphatic carbocycles. The van der Waals surface area contributed by atoms with Gasteiger partial charge in [-0.25, -0.2) is 4.57 Å². The van der Waals surface area contributed by atoms with Crippen molar-refractivity contribution < 1.29 is 28.4 Å². The third kappa shape index (κ3) is 5.57. The van der Waals surface area contributed by atoms with E-state index in [1.165, 1.54) is 31.3 Å². The Morgan fingerprint density at radius 2 is 1.88 bits per heavy atom. The summed E-state index contributed by atoms with van der Waals surface area (Å²) < 4.78 is 19.6. The van der Waals surface area contributed by atoms with Crippen LogP contribution in [0.1, 0.15) is 27.6 Å². The monoisotopic (exact) mass is 478 g/mol. The molecular formula is C22H22Cl2N3O5+. The molecular weight excluding hydrogens is 457 g/mol. The number of esters is 1. The Morgan fingerprint density at radius 3 is 2.47 bits per heavy atom. The fraction of sp³-hybridized carbons (Fsp3) is 0.273. The van der Waals surface area contributed by atoms with Gasteiger partial charge in [-0.1, -0.05) is 29.3 Å². The highest BCUT2D eigenvalue weighted by Crippen LogP contribution is 2.35. The quantitative estimate of drug-likeness (QED) is 0.266. The minimum absolute atomic E-state index is 0.164. The number of aryl methyl sites for hydroxylation is 1. The molecule has 3 aromatic rings. The van der Waals surface area contributed by atoms with E-state index in [-0.39, 0.29) is 13.0 Å². The van der Waals surface area contributed by atoms with Crippen LogP contribution in [0.15, 0.2) is 43.0 Å². The van der Waals surface area contributed by atoms with Gasteiger partial charge in [0.15, 0.2) is 30.2 Å². The molecule has 3 rings (SSSR count). The van der Waals surface area contributed by atoms with Crippen LogP contribution in [0.25, 0.3) is 0 Å². The molecule has 0 saturated heterocycles. The lowest BCUT2D eigenvalue weighted by atomic mass is 10.0. The number of halogens is 2. The van der Waals surface area contributed by atoms with E-state index in [1.807, 2.05) is 7.05 Å². The number of hydrogen-bond donors (Lipinski definition) is 0. The van der Waals surface area contributed by atoms with Crippen LogP contribution in [-0.2, 0) is 29.5 Å². The van der Waals surface area contributed by atoms with E-state index < -0.39 is 12.1 Å². The summed E-state index contributed by atoms with van der Waals surface area (Å²) in [6.45, 7) is -0.164. The maximum Gasteiger partial charge on any atom is 0.328 e. The zero-order valence-electron chi connectivity index (χ0n) is 17.7. The molecule has 0 N–H and O–H groups in total. The van der Waals surface area contributed by atoms with Gasteiger partial charge >= 0.3 is 5.97 Å². The first kappa shape index (κ1) is 23.6. The van der Waals surface area contributed by atoms with Crippen LogP contribution in [0, 0.1) is 0 Å². The van der Waals surface area contributed by atoms with Crippen molar-refractivity contribution in [3.63, 3.8) is 0 Å². The van der Waals surface area contributed by atoms with E-state index in [9.17, 15) is 9.59 Å². The van der Waals surface area contributed by atoms with Gasteiger partial charge in [0.1, 0.15) is 29.7 Å². The average molecular weight is 479 g/mol. The fourth-order valence-electron chi connectivity index (χ4n) is 3.18. The second-order valence-electron chi connectivity index (χ2n) is 6.98. The van der Waals surface area contributed by atoms with Gasteiger partial charge in [-0.3, -0.25) is 14.3 Å². The smallest absolute Gasteiger partial charge is 0.328 e. The molecule has 0 amide bonds. The predicted octanol–water partition coefficient (Wildman–Crippen LogP) is 3.37. The third-order valence-electron chi connectivity index (χ3n) is 4.73. The molecule has 2 heterocycles. The van der Waals surface area contributed by atoms with Crippen molar-refractivity contribution in [1.29, 1.82) is 0 Å². The Balaban J connectivity index is 1.92. The minimum atomic E-state index is -0.717. The van der Waals surface area contributed by atoms with Crippen LogP contribution in [0.3, 0.4) is 0 Å². The normalized spacial score (nSPS) is 11.7. The van der Waals surface area contributed by atoms with Crippen molar-refractivity contribution in [2.45, 2.75) is 19.1 Å². The number of pyridine rings is 1. The summed E-state index contributed by atoms with van der Waals surface area (Å²) in [6, 6.07) is 5.25.